The molecule has 0 heterocycles. The Hall–Kier alpha value is -1.51. The Morgan fingerprint density at radius 2 is 2.00 bits per heavy atom. The Balaban J connectivity index is 2.60. The highest BCUT2D eigenvalue weighted by Crippen LogP contribution is 2.17. The van der Waals surface area contributed by atoms with Crippen LogP contribution in [0.1, 0.15) is 27.2 Å². The summed E-state index contributed by atoms with van der Waals surface area (Å²) in [5.74, 6) is 0.768. The second-order valence-corrected chi connectivity index (χ2v) is 3.54. The van der Waals surface area contributed by atoms with E-state index < -0.39 is 0 Å². The first-order valence-corrected chi connectivity index (χ1v) is 5.16. The van der Waals surface area contributed by atoms with Crippen LogP contribution in [0, 0.1) is 0 Å². The van der Waals surface area contributed by atoms with Crippen LogP contribution in [0.3, 0.4) is 0 Å². The summed E-state index contributed by atoms with van der Waals surface area (Å²) < 4.78 is 5.61. The maximum atomic E-state index is 10.8. The van der Waals surface area contributed by atoms with Crippen LogP contribution >= 0.6 is 0 Å². The van der Waals surface area contributed by atoms with E-state index in [1.54, 1.807) is 0 Å². The van der Waals surface area contributed by atoms with Gasteiger partial charge in [0.2, 0.25) is 5.91 Å². The molecular weight excluding hydrogens is 190 g/mol. The SMILES string of the molecule is CC[C@H](C)Oc1ccc(NC(C)=O)cc1. The molecule has 1 atom stereocenters. The molecule has 0 fully saturated rings. The summed E-state index contributed by atoms with van der Waals surface area (Å²) in [4.78, 5) is 10.8. The second kappa shape index (κ2) is 5.39. The lowest BCUT2D eigenvalue weighted by molar-refractivity contribution is -0.114. The molecule has 0 radical (unpaired) electrons. The Morgan fingerprint density at radius 1 is 1.40 bits per heavy atom. The highest BCUT2D eigenvalue weighted by atomic mass is 16.5. The molecule has 3 nitrogen and oxygen atoms in total. The molecule has 0 saturated heterocycles. The van der Waals surface area contributed by atoms with Crippen molar-refractivity contribution < 1.29 is 9.53 Å². The van der Waals surface area contributed by atoms with Crippen LogP contribution in [0.25, 0.3) is 0 Å². The number of carbonyl (C=O) groups is 1. The predicted octanol–water partition coefficient (Wildman–Crippen LogP) is 2.82. The first-order valence-electron chi connectivity index (χ1n) is 5.16. The number of ether oxygens (including phenoxy) is 1. The number of nitrogens with one attached hydrogen (secondary N) is 1. The molecule has 0 unspecified atom stereocenters. The normalized spacial score (nSPS) is 11.9. The van der Waals surface area contributed by atoms with Gasteiger partial charge in [-0.2, -0.15) is 0 Å². The van der Waals surface area contributed by atoms with E-state index in [2.05, 4.69) is 12.2 Å². The van der Waals surface area contributed by atoms with E-state index in [-0.39, 0.29) is 12.0 Å². The molecule has 1 rings (SSSR count). The van der Waals surface area contributed by atoms with Crippen molar-refractivity contribution in [2.75, 3.05) is 5.32 Å². The van der Waals surface area contributed by atoms with Gasteiger partial charge in [-0.1, -0.05) is 6.92 Å². The molecule has 0 aliphatic heterocycles. The van der Waals surface area contributed by atoms with Crippen LogP contribution in [-0.4, -0.2) is 12.0 Å². The number of rotatable bonds is 4. The van der Waals surface area contributed by atoms with Gasteiger partial charge in [-0.25, -0.2) is 0 Å². The highest BCUT2D eigenvalue weighted by Gasteiger charge is 2.01. The van der Waals surface area contributed by atoms with Crippen molar-refractivity contribution in [2.45, 2.75) is 33.3 Å². The second-order valence-electron chi connectivity index (χ2n) is 3.54. The third-order valence-electron chi connectivity index (χ3n) is 2.09. The van der Waals surface area contributed by atoms with Crippen LogP contribution < -0.4 is 10.1 Å². The van der Waals surface area contributed by atoms with Gasteiger partial charge in [-0.05, 0) is 37.6 Å². The smallest absolute Gasteiger partial charge is 0.221 e. The van der Waals surface area contributed by atoms with Gasteiger partial charge in [0.1, 0.15) is 5.75 Å². The third kappa shape index (κ3) is 4.02. The fourth-order valence-electron chi connectivity index (χ4n) is 1.14. The zero-order valence-electron chi connectivity index (χ0n) is 9.41. The minimum Gasteiger partial charge on any atom is -0.491 e. The largest absolute Gasteiger partial charge is 0.491 e. The molecule has 1 aromatic carbocycles. The molecule has 15 heavy (non-hydrogen) atoms. The molecule has 0 saturated carbocycles. The molecule has 0 spiro atoms. The van der Waals surface area contributed by atoms with Crippen LogP contribution in [0.15, 0.2) is 24.3 Å². The van der Waals surface area contributed by atoms with E-state index in [0.29, 0.717) is 0 Å². The van der Waals surface area contributed by atoms with E-state index >= 15 is 0 Å². The lowest BCUT2D eigenvalue weighted by Gasteiger charge is -2.12. The van der Waals surface area contributed by atoms with E-state index in [1.807, 2.05) is 31.2 Å². The summed E-state index contributed by atoms with van der Waals surface area (Å²) in [5, 5.41) is 2.70. The summed E-state index contributed by atoms with van der Waals surface area (Å²) in [6.45, 7) is 5.60. The number of amides is 1. The van der Waals surface area contributed by atoms with E-state index in [4.69, 9.17) is 4.74 Å². The van der Waals surface area contributed by atoms with E-state index in [0.717, 1.165) is 17.9 Å². The molecule has 0 bridgehead atoms. The number of hydrogen-bond donors (Lipinski definition) is 1. The first-order chi connectivity index (χ1) is 7.11. The fourth-order valence-corrected chi connectivity index (χ4v) is 1.14. The van der Waals surface area contributed by atoms with E-state index in [9.17, 15) is 4.79 Å². The maximum Gasteiger partial charge on any atom is 0.221 e. The lowest BCUT2D eigenvalue weighted by atomic mass is 10.3. The van der Waals surface area contributed by atoms with Crippen molar-refractivity contribution >= 4 is 11.6 Å². The first kappa shape index (κ1) is 11.6. The van der Waals surface area contributed by atoms with Crippen molar-refractivity contribution in [1.29, 1.82) is 0 Å². The van der Waals surface area contributed by atoms with Crippen molar-refractivity contribution in [1.82, 2.24) is 0 Å². The zero-order chi connectivity index (χ0) is 11.3. The summed E-state index contributed by atoms with van der Waals surface area (Å²) in [6.07, 6.45) is 1.20. The molecule has 1 aromatic rings. The van der Waals surface area contributed by atoms with Crippen LogP contribution in [0.2, 0.25) is 0 Å². The molecule has 3 heteroatoms. The van der Waals surface area contributed by atoms with Gasteiger partial charge in [0.05, 0.1) is 6.10 Å². The minimum atomic E-state index is -0.0643. The average molecular weight is 207 g/mol. The van der Waals surface area contributed by atoms with Crippen LogP contribution in [0.4, 0.5) is 5.69 Å². The van der Waals surface area contributed by atoms with Gasteiger partial charge < -0.3 is 10.1 Å². The van der Waals surface area contributed by atoms with E-state index in [1.165, 1.54) is 6.92 Å². The molecule has 82 valence electrons. The predicted molar refractivity (Wildman–Crippen MR) is 61.1 cm³/mol. The van der Waals surface area contributed by atoms with Gasteiger partial charge in [0.15, 0.2) is 0 Å². The lowest BCUT2D eigenvalue weighted by Crippen LogP contribution is -2.10. The van der Waals surface area contributed by atoms with Gasteiger partial charge in [-0.3, -0.25) is 4.79 Å². The van der Waals surface area contributed by atoms with Crippen LogP contribution in [0.5, 0.6) is 5.75 Å². The maximum absolute atomic E-state index is 10.8. The Morgan fingerprint density at radius 3 is 2.47 bits per heavy atom. The zero-order valence-corrected chi connectivity index (χ0v) is 9.41. The van der Waals surface area contributed by atoms with Crippen molar-refractivity contribution in [2.24, 2.45) is 0 Å². The molecule has 0 aliphatic rings. The van der Waals surface area contributed by atoms with Gasteiger partial charge in [0.25, 0.3) is 0 Å². The molecule has 1 N–H and O–H groups in total. The van der Waals surface area contributed by atoms with Gasteiger partial charge >= 0.3 is 0 Å². The standard InChI is InChI=1S/C12H17NO2/c1-4-9(2)15-12-7-5-11(6-8-12)13-10(3)14/h5-9H,4H2,1-3H3,(H,13,14)/t9-/m0/s1. The number of hydrogen-bond acceptors (Lipinski definition) is 2. The number of anilines is 1. The Kier molecular flexibility index (Phi) is 4.16. The Labute approximate surface area is 90.4 Å². The number of carbonyl (C=O) groups excluding carboxylic acids is 1. The summed E-state index contributed by atoms with van der Waals surface area (Å²) in [7, 11) is 0. The van der Waals surface area contributed by atoms with Gasteiger partial charge in [-0.15, -0.1) is 0 Å². The topological polar surface area (TPSA) is 38.3 Å². The minimum absolute atomic E-state index is 0.0643. The van der Waals surface area contributed by atoms with Crippen molar-refractivity contribution in [3.05, 3.63) is 24.3 Å². The summed E-state index contributed by atoms with van der Waals surface area (Å²) >= 11 is 0. The fraction of sp³-hybridized carbons (Fsp3) is 0.417. The molecule has 0 aromatic heterocycles. The number of benzene rings is 1. The summed E-state index contributed by atoms with van der Waals surface area (Å²) in [6, 6.07) is 7.38. The third-order valence-corrected chi connectivity index (χ3v) is 2.09. The van der Waals surface area contributed by atoms with Crippen molar-refractivity contribution in [3.8, 4) is 5.75 Å². The quantitative estimate of drug-likeness (QED) is 0.824. The molecule has 1 amide bonds. The molecule has 0 aliphatic carbocycles. The summed E-state index contributed by atoms with van der Waals surface area (Å²) in [5.41, 5.74) is 0.791. The van der Waals surface area contributed by atoms with Crippen LogP contribution in [-0.2, 0) is 4.79 Å². The average Bonchev–Trinajstić information content (AvgIpc) is 2.20. The highest BCUT2D eigenvalue weighted by molar-refractivity contribution is 5.88. The van der Waals surface area contributed by atoms with Crippen molar-refractivity contribution in [3.63, 3.8) is 0 Å². The molecular formula is C12H17NO2. The monoisotopic (exact) mass is 207 g/mol. The Bertz CT molecular complexity index is 319. The van der Waals surface area contributed by atoms with Gasteiger partial charge in [0, 0.05) is 12.6 Å².